The summed E-state index contributed by atoms with van der Waals surface area (Å²) >= 11 is 0. The van der Waals surface area contributed by atoms with Crippen LogP contribution in [0.3, 0.4) is 0 Å². The van der Waals surface area contributed by atoms with Gasteiger partial charge in [-0.05, 0) is 23.6 Å². The summed E-state index contributed by atoms with van der Waals surface area (Å²) in [7, 11) is -2.96. The van der Waals surface area contributed by atoms with Crippen LogP contribution in [0.4, 0.5) is 5.69 Å². The molecule has 3 rings (SSSR count). The molecule has 5 heteroatoms. The molecule has 2 unspecified atom stereocenters. The molecule has 1 saturated heterocycles. The highest BCUT2D eigenvalue weighted by molar-refractivity contribution is 7.91. The molecule has 0 radical (unpaired) electrons. The van der Waals surface area contributed by atoms with E-state index in [4.69, 9.17) is 4.74 Å². The first-order valence-electron chi connectivity index (χ1n) is 6.22. The fraction of sp³-hybridized carbons (Fsp3) is 0.538. The predicted molar refractivity (Wildman–Crippen MR) is 71.0 cm³/mol. The molecule has 0 amide bonds. The van der Waals surface area contributed by atoms with Gasteiger partial charge in [-0.25, -0.2) is 8.42 Å². The van der Waals surface area contributed by atoms with Crippen LogP contribution in [-0.2, 0) is 9.84 Å². The zero-order valence-corrected chi connectivity index (χ0v) is 11.3. The Morgan fingerprint density at radius 2 is 2.11 bits per heavy atom. The third-order valence-electron chi connectivity index (χ3n) is 3.59. The predicted octanol–water partition coefficient (Wildman–Crippen LogP) is 1.78. The molecule has 18 heavy (non-hydrogen) atoms. The quantitative estimate of drug-likeness (QED) is 0.842. The van der Waals surface area contributed by atoms with Crippen LogP contribution in [0.5, 0.6) is 5.75 Å². The number of nitrogens with one attached hydrogen (secondary N) is 1. The first-order valence-corrected chi connectivity index (χ1v) is 8.04. The normalized spacial score (nSPS) is 28.2. The Bertz CT molecular complexity index is 580. The molecule has 2 heterocycles. The van der Waals surface area contributed by atoms with E-state index in [9.17, 15) is 8.42 Å². The van der Waals surface area contributed by atoms with Crippen LogP contribution in [-0.4, -0.2) is 32.1 Å². The van der Waals surface area contributed by atoms with E-state index < -0.39 is 9.84 Å². The second kappa shape index (κ2) is 3.88. The van der Waals surface area contributed by atoms with E-state index in [1.54, 1.807) is 0 Å². The molecular formula is C13H17NO3S. The number of benzene rings is 1. The van der Waals surface area contributed by atoms with Gasteiger partial charge in [0.2, 0.25) is 0 Å². The third kappa shape index (κ3) is 1.96. The van der Waals surface area contributed by atoms with Crippen molar-refractivity contribution in [1.82, 2.24) is 0 Å². The summed E-state index contributed by atoms with van der Waals surface area (Å²) < 4.78 is 29.0. The van der Waals surface area contributed by atoms with Gasteiger partial charge in [0.1, 0.15) is 11.9 Å². The Balaban J connectivity index is 1.93. The topological polar surface area (TPSA) is 55.4 Å². The van der Waals surface area contributed by atoms with Gasteiger partial charge in [-0.3, -0.25) is 0 Å². The van der Waals surface area contributed by atoms with Gasteiger partial charge in [0.05, 0.1) is 23.2 Å². The molecule has 1 fully saturated rings. The molecule has 1 aromatic rings. The van der Waals surface area contributed by atoms with Crippen molar-refractivity contribution in [3.8, 4) is 5.75 Å². The molecule has 4 nitrogen and oxygen atoms in total. The molecular weight excluding hydrogens is 250 g/mol. The lowest BCUT2D eigenvalue weighted by Gasteiger charge is -2.30. The van der Waals surface area contributed by atoms with Crippen LogP contribution in [0.15, 0.2) is 18.2 Å². The maximum atomic E-state index is 11.6. The molecule has 2 aliphatic rings. The number of rotatable bonds is 1. The van der Waals surface area contributed by atoms with E-state index in [1.807, 2.05) is 12.1 Å². The Kier molecular flexibility index (Phi) is 2.55. The lowest BCUT2D eigenvalue weighted by Crippen LogP contribution is -2.40. The Morgan fingerprint density at radius 3 is 2.83 bits per heavy atom. The first kappa shape index (κ1) is 11.8. The fourth-order valence-corrected chi connectivity index (χ4v) is 4.33. The number of ether oxygens (including phenoxy) is 1. The number of hydrogen-bond acceptors (Lipinski definition) is 4. The van der Waals surface area contributed by atoms with Crippen molar-refractivity contribution in [3.63, 3.8) is 0 Å². The molecule has 0 aromatic heterocycles. The Morgan fingerprint density at radius 1 is 1.33 bits per heavy atom. The minimum absolute atomic E-state index is 0.107. The molecule has 0 aliphatic carbocycles. The average Bonchev–Trinajstić information content (AvgIpc) is 2.57. The van der Waals surface area contributed by atoms with Crippen LogP contribution in [0, 0.1) is 0 Å². The highest BCUT2D eigenvalue weighted by Crippen LogP contribution is 2.36. The van der Waals surface area contributed by atoms with Gasteiger partial charge >= 0.3 is 0 Å². The summed E-state index contributed by atoms with van der Waals surface area (Å²) in [5, 5.41) is 3.31. The standard InChI is InChI=1S/C13H17NO3S/c1-8(2)9-3-4-12-10(5-9)14-11-6-18(15,16)7-13(11)17-12/h3-5,8,11,13-14H,6-7H2,1-2H3. The van der Waals surface area contributed by atoms with E-state index in [2.05, 4.69) is 25.2 Å². The van der Waals surface area contributed by atoms with Crippen molar-refractivity contribution in [2.24, 2.45) is 0 Å². The van der Waals surface area contributed by atoms with Gasteiger partial charge in [0.25, 0.3) is 0 Å². The van der Waals surface area contributed by atoms with Gasteiger partial charge in [-0.2, -0.15) is 0 Å². The molecule has 0 spiro atoms. The van der Waals surface area contributed by atoms with E-state index in [0.717, 1.165) is 11.4 Å². The molecule has 1 N–H and O–H groups in total. The van der Waals surface area contributed by atoms with E-state index in [1.165, 1.54) is 5.56 Å². The van der Waals surface area contributed by atoms with Crippen molar-refractivity contribution < 1.29 is 13.2 Å². The maximum absolute atomic E-state index is 11.6. The van der Waals surface area contributed by atoms with Crippen molar-refractivity contribution in [2.75, 3.05) is 16.8 Å². The average molecular weight is 267 g/mol. The second-order valence-corrected chi connectivity index (χ2v) is 7.55. The summed E-state index contributed by atoms with van der Waals surface area (Å²) in [6, 6.07) is 5.92. The molecule has 2 atom stereocenters. The summed E-state index contributed by atoms with van der Waals surface area (Å²) in [6.07, 6.45) is -0.243. The monoisotopic (exact) mass is 267 g/mol. The molecule has 0 saturated carbocycles. The van der Waals surface area contributed by atoms with Gasteiger partial charge in [0, 0.05) is 0 Å². The van der Waals surface area contributed by atoms with Crippen LogP contribution >= 0.6 is 0 Å². The molecule has 98 valence electrons. The third-order valence-corrected chi connectivity index (χ3v) is 5.29. The first-order chi connectivity index (χ1) is 8.44. The van der Waals surface area contributed by atoms with Crippen LogP contribution < -0.4 is 10.1 Å². The van der Waals surface area contributed by atoms with E-state index >= 15 is 0 Å². The van der Waals surface area contributed by atoms with Crippen molar-refractivity contribution in [1.29, 1.82) is 0 Å². The van der Waals surface area contributed by atoms with Crippen LogP contribution in [0.2, 0.25) is 0 Å². The van der Waals surface area contributed by atoms with E-state index in [-0.39, 0.29) is 23.7 Å². The van der Waals surface area contributed by atoms with Crippen molar-refractivity contribution in [2.45, 2.75) is 31.9 Å². The number of sulfone groups is 1. The van der Waals surface area contributed by atoms with Gasteiger partial charge < -0.3 is 10.1 Å². The fourth-order valence-electron chi connectivity index (χ4n) is 2.55. The van der Waals surface area contributed by atoms with Crippen LogP contribution in [0.1, 0.15) is 25.3 Å². The van der Waals surface area contributed by atoms with E-state index in [0.29, 0.717) is 5.92 Å². The Hall–Kier alpha value is -1.23. The number of anilines is 1. The lowest BCUT2D eigenvalue weighted by atomic mass is 10.0. The second-order valence-electron chi connectivity index (χ2n) is 5.39. The summed E-state index contributed by atoms with van der Waals surface area (Å²) in [4.78, 5) is 0. The lowest BCUT2D eigenvalue weighted by molar-refractivity contribution is 0.206. The maximum Gasteiger partial charge on any atom is 0.156 e. The van der Waals surface area contributed by atoms with Gasteiger partial charge in [-0.1, -0.05) is 19.9 Å². The summed E-state index contributed by atoms with van der Waals surface area (Å²) in [6.45, 7) is 4.27. The zero-order chi connectivity index (χ0) is 12.9. The highest BCUT2D eigenvalue weighted by atomic mass is 32.2. The van der Waals surface area contributed by atoms with Crippen molar-refractivity contribution in [3.05, 3.63) is 23.8 Å². The summed E-state index contributed by atoms with van der Waals surface area (Å²) in [5.41, 5.74) is 2.14. The highest BCUT2D eigenvalue weighted by Gasteiger charge is 2.42. The molecule has 0 bridgehead atoms. The molecule has 2 aliphatic heterocycles. The summed E-state index contributed by atoms with van der Waals surface area (Å²) in [5.74, 6) is 1.50. The van der Waals surface area contributed by atoms with Crippen molar-refractivity contribution >= 4 is 15.5 Å². The largest absolute Gasteiger partial charge is 0.485 e. The number of fused-ring (bicyclic) bond motifs is 2. The smallest absolute Gasteiger partial charge is 0.156 e. The molecule has 1 aromatic carbocycles. The number of hydrogen-bond donors (Lipinski definition) is 1. The SMILES string of the molecule is CC(C)c1ccc2c(c1)NC1CS(=O)(=O)CC1O2. The Labute approximate surface area is 107 Å². The van der Waals surface area contributed by atoms with Gasteiger partial charge in [-0.15, -0.1) is 0 Å². The minimum atomic E-state index is -2.96. The zero-order valence-electron chi connectivity index (χ0n) is 10.5. The minimum Gasteiger partial charge on any atom is -0.485 e. The van der Waals surface area contributed by atoms with Crippen LogP contribution in [0.25, 0.3) is 0 Å². The van der Waals surface area contributed by atoms with Gasteiger partial charge in [0.15, 0.2) is 9.84 Å².